The number of hydrogen-bond donors (Lipinski definition) is 1. The van der Waals surface area contributed by atoms with Crippen molar-refractivity contribution in [2.75, 3.05) is 19.7 Å². The maximum absolute atomic E-state index is 10.6. The van der Waals surface area contributed by atoms with E-state index in [9.17, 15) is 15.2 Å². The van der Waals surface area contributed by atoms with Crippen molar-refractivity contribution in [3.8, 4) is 0 Å². The van der Waals surface area contributed by atoms with Crippen LogP contribution in [0.3, 0.4) is 0 Å². The molecule has 18 heavy (non-hydrogen) atoms. The van der Waals surface area contributed by atoms with E-state index in [0.29, 0.717) is 0 Å². The number of rotatable bonds is 4. The summed E-state index contributed by atoms with van der Waals surface area (Å²) >= 11 is 1.18. The van der Waals surface area contributed by atoms with Gasteiger partial charge < -0.3 is 5.11 Å². The Morgan fingerprint density at radius 2 is 2.44 bits per heavy atom. The van der Waals surface area contributed by atoms with Crippen LogP contribution in [-0.4, -0.2) is 34.6 Å². The van der Waals surface area contributed by atoms with E-state index in [1.54, 1.807) is 6.07 Å². The fourth-order valence-electron chi connectivity index (χ4n) is 2.49. The molecule has 0 saturated carbocycles. The molecule has 2 heterocycles. The summed E-state index contributed by atoms with van der Waals surface area (Å²) in [5.41, 5.74) is 0.967. The molecule has 100 valence electrons. The Kier molecular flexibility index (Phi) is 3.99. The standard InChI is InChI=1S/C12H18N2O3S/c1-12(9-15)3-2-4-13(8-12)6-10-5-11(14(16)17)18-7-10/h5,7,15H,2-4,6,8-9H2,1H3. The van der Waals surface area contributed by atoms with Crippen molar-refractivity contribution in [3.63, 3.8) is 0 Å². The first kappa shape index (κ1) is 13.5. The van der Waals surface area contributed by atoms with Gasteiger partial charge in [-0.05, 0) is 24.9 Å². The Morgan fingerprint density at radius 1 is 1.67 bits per heavy atom. The molecule has 1 aliphatic rings. The molecule has 1 aliphatic heterocycles. The van der Waals surface area contributed by atoms with Crippen LogP contribution in [0.4, 0.5) is 5.00 Å². The quantitative estimate of drug-likeness (QED) is 0.673. The molecule has 5 nitrogen and oxygen atoms in total. The number of hydrogen-bond acceptors (Lipinski definition) is 5. The maximum atomic E-state index is 10.6. The summed E-state index contributed by atoms with van der Waals surface area (Å²) in [6.07, 6.45) is 2.12. The molecule has 1 unspecified atom stereocenters. The van der Waals surface area contributed by atoms with Crippen LogP contribution in [0.15, 0.2) is 11.4 Å². The highest BCUT2D eigenvalue weighted by Crippen LogP contribution is 2.30. The average Bonchev–Trinajstić information content (AvgIpc) is 2.78. The van der Waals surface area contributed by atoms with Crippen molar-refractivity contribution < 1.29 is 10.0 Å². The minimum atomic E-state index is -0.345. The van der Waals surface area contributed by atoms with Gasteiger partial charge in [-0.3, -0.25) is 15.0 Å². The summed E-state index contributed by atoms with van der Waals surface area (Å²) in [6.45, 7) is 4.88. The summed E-state index contributed by atoms with van der Waals surface area (Å²) in [7, 11) is 0. The minimum absolute atomic E-state index is 0.0276. The van der Waals surface area contributed by atoms with Crippen molar-refractivity contribution in [3.05, 3.63) is 27.1 Å². The summed E-state index contributed by atoms with van der Waals surface area (Å²) in [5, 5.41) is 22.1. The number of nitro groups is 1. The molecule has 1 saturated heterocycles. The monoisotopic (exact) mass is 270 g/mol. The van der Waals surface area contributed by atoms with Gasteiger partial charge in [0.1, 0.15) is 0 Å². The first-order valence-electron chi connectivity index (χ1n) is 6.07. The highest BCUT2D eigenvalue weighted by atomic mass is 32.1. The smallest absolute Gasteiger partial charge is 0.324 e. The van der Waals surface area contributed by atoms with Crippen molar-refractivity contribution in [1.29, 1.82) is 0 Å². The average molecular weight is 270 g/mol. The van der Waals surface area contributed by atoms with E-state index in [4.69, 9.17) is 0 Å². The van der Waals surface area contributed by atoms with E-state index in [1.165, 1.54) is 11.3 Å². The Hall–Kier alpha value is -0.980. The molecular formula is C12H18N2O3S. The van der Waals surface area contributed by atoms with Crippen molar-refractivity contribution in [1.82, 2.24) is 4.90 Å². The number of piperidine rings is 1. The second kappa shape index (κ2) is 5.34. The molecule has 0 amide bonds. The first-order valence-corrected chi connectivity index (χ1v) is 6.95. The SMILES string of the molecule is CC1(CO)CCCN(Cc2csc([N+](=O)[O-])c2)C1. The summed E-state index contributed by atoms with van der Waals surface area (Å²) in [6, 6.07) is 1.65. The van der Waals surface area contributed by atoms with Crippen LogP contribution in [0, 0.1) is 15.5 Å². The van der Waals surface area contributed by atoms with E-state index in [1.807, 2.05) is 5.38 Å². The molecule has 2 rings (SSSR count). The Labute approximate surface area is 110 Å². The van der Waals surface area contributed by atoms with Crippen LogP contribution in [0.5, 0.6) is 0 Å². The van der Waals surface area contributed by atoms with E-state index in [0.717, 1.165) is 38.0 Å². The van der Waals surface area contributed by atoms with E-state index >= 15 is 0 Å². The lowest BCUT2D eigenvalue weighted by Crippen LogP contribution is -2.43. The summed E-state index contributed by atoms with van der Waals surface area (Å²) in [5.74, 6) is 0. The van der Waals surface area contributed by atoms with Gasteiger partial charge in [0.2, 0.25) is 0 Å². The van der Waals surface area contributed by atoms with Crippen molar-refractivity contribution >= 4 is 16.3 Å². The second-order valence-corrected chi connectivity index (χ2v) is 6.22. The number of nitrogens with zero attached hydrogens (tertiary/aromatic N) is 2. The predicted octanol–water partition coefficient (Wildman–Crippen LogP) is 2.25. The number of thiophene rings is 1. The van der Waals surface area contributed by atoms with Crippen molar-refractivity contribution in [2.45, 2.75) is 26.3 Å². The molecule has 0 bridgehead atoms. The van der Waals surface area contributed by atoms with Gasteiger partial charge in [-0.15, -0.1) is 0 Å². The number of aliphatic hydroxyl groups excluding tert-OH is 1. The fourth-order valence-corrected chi connectivity index (χ4v) is 3.21. The molecule has 1 N–H and O–H groups in total. The maximum Gasteiger partial charge on any atom is 0.324 e. The lowest BCUT2D eigenvalue weighted by molar-refractivity contribution is -0.380. The first-order chi connectivity index (χ1) is 8.52. The largest absolute Gasteiger partial charge is 0.396 e. The molecule has 6 heteroatoms. The van der Waals surface area contributed by atoms with Crippen LogP contribution in [0.1, 0.15) is 25.3 Å². The third kappa shape index (κ3) is 3.07. The lowest BCUT2D eigenvalue weighted by Gasteiger charge is -2.39. The Bertz CT molecular complexity index is 435. The van der Waals surface area contributed by atoms with Crippen LogP contribution in [-0.2, 0) is 6.54 Å². The van der Waals surface area contributed by atoms with Gasteiger partial charge in [-0.2, -0.15) is 0 Å². The zero-order chi connectivity index (χ0) is 13.2. The highest BCUT2D eigenvalue weighted by Gasteiger charge is 2.30. The second-order valence-electron chi connectivity index (χ2n) is 5.33. The third-order valence-electron chi connectivity index (χ3n) is 3.47. The predicted molar refractivity (Wildman–Crippen MR) is 70.7 cm³/mol. The zero-order valence-electron chi connectivity index (χ0n) is 10.5. The number of likely N-dealkylation sites (tertiary alicyclic amines) is 1. The van der Waals surface area contributed by atoms with Gasteiger partial charge in [-0.25, -0.2) is 0 Å². The molecule has 0 spiro atoms. The van der Waals surface area contributed by atoms with Crippen LogP contribution in [0.25, 0.3) is 0 Å². The summed E-state index contributed by atoms with van der Waals surface area (Å²) in [4.78, 5) is 12.5. The zero-order valence-corrected chi connectivity index (χ0v) is 11.3. The van der Waals surface area contributed by atoms with Gasteiger partial charge in [0.15, 0.2) is 0 Å². The molecule has 0 aromatic carbocycles. The number of aliphatic hydroxyl groups is 1. The molecule has 1 fully saturated rings. The molecule has 0 radical (unpaired) electrons. The molecule has 1 aromatic rings. The van der Waals surface area contributed by atoms with Crippen LogP contribution in [0.2, 0.25) is 0 Å². The normalized spacial score (nSPS) is 25.2. The minimum Gasteiger partial charge on any atom is -0.396 e. The molecular weight excluding hydrogens is 252 g/mol. The van der Waals surface area contributed by atoms with Gasteiger partial charge in [0.05, 0.1) is 4.92 Å². The molecule has 0 aliphatic carbocycles. The van der Waals surface area contributed by atoms with Crippen molar-refractivity contribution in [2.24, 2.45) is 5.41 Å². The fraction of sp³-hybridized carbons (Fsp3) is 0.667. The van der Waals surface area contributed by atoms with E-state index in [-0.39, 0.29) is 21.9 Å². The van der Waals surface area contributed by atoms with Crippen LogP contribution >= 0.6 is 11.3 Å². The molecule has 1 aromatic heterocycles. The van der Waals surface area contributed by atoms with Gasteiger partial charge in [0, 0.05) is 36.6 Å². The van der Waals surface area contributed by atoms with E-state index in [2.05, 4.69) is 11.8 Å². The highest BCUT2D eigenvalue weighted by molar-refractivity contribution is 7.13. The van der Waals surface area contributed by atoms with Crippen LogP contribution < -0.4 is 0 Å². The topological polar surface area (TPSA) is 66.6 Å². The van der Waals surface area contributed by atoms with E-state index < -0.39 is 0 Å². The Balaban J connectivity index is 1.98. The Morgan fingerprint density at radius 3 is 3.06 bits per heavy atom. The van der Waals surface area contributed by atoms with Gasteiger partial charge in [0.25, 0.3) is 0 Å². The van der Waals surface area contributed by atoms with Gasteiger partial charge in [-0.1, -0.05) is 18.3 Å². The summed E-state index contributed by atoms with van der Waals surface area (Å²) < 4.78 is 0. The third-order valence-corrected chi connectivity index (χ3v) is 4.40. The van der Waals surface area contributed by atoms with Gasteiger partial charge >= 0.3 is 5.00 Å². The molecule has 1 atom stereocenters. The lowest BCUT2D eigenvalue weighted by atomic mass is 9.83.